The highest BCUT2D eigenvalue weighted by Crippen LogP contribution is 2.30. The van der Waals surface area contributed by atoms with Crippen LogP contribution >= 0.6 is 0 Å². The van der Waals surface area contributed by atoms with Crippen LogP contribution < -0.4 is 20.3 Å². The Kier molecular flexibility index (Phi) is 5.42. The van der Waals surface area contributed by atoms with Crippen molar-refractivity contribution in [1.82, 2.24) is 20.4 Å². The molecule has 134 valence electrons. The second-order valence-corrected chi connectivity index (χ2v) is 6.12. The smallest absolute Gasteiger partial charge is 0.191 e. The standard InChI is InChI=1S/C18H26N6O/c1-19-18(20-12-15-8-10-21-23(15)2)22-14-9-11-24(13-14)16-6-4-5-7-17(16)25-3/h4-8,10,14H,9,11-13H2,1-3H3,(H2,19,20,22). The molecule has 0 amide bonds. The van der Waals surface area contributed by atoms with Crippen molar-refractivity contribution in [1.29, 1.82) is 0 Å². The monoisotopic (exact) mass is 342 g/mol. The largest absolute Gasteiger partial charge is 0.495 e. The number of hydrogen-bond acceptors (Lipinski definition) is 4. The SMILES string of the molecule is CN=C(NCc1ccnn1C)NC1CCN(c2ccccc2OC)C1. The van der Waals surface area contributed by atoms with Gasteiger partial charge >= 0.3 is 0 Å². The molecule has 3 rings (SSSR count). The molecule has 1 aromatic carbocycles. The van der Waals surface area contributed by atoms with Crippen molar-refractivity contribution in [3.63, 3.8) is 0 Å². The van der Waals surface area contributed by atoms with Gasteiger partial charge in [-0.05, 0) is 24.6 Å². The number of nitrogens with zero attached hydrogens (tertiary/aromatic N) is 4. The van der Waals surface area contributed by atoms with Crippen LogP contribution in [-0.4, -0.2) is 49.0 Å². The minimum Gasteiger partial charge on any atom is -0.495 e. The molecule has 0 aliphatic carbocycles. The van der Waals surface area contributed by atoms with Crippen molar-refractivity contribution in [2.45, 2.75) is 19.0 Å². The molecule has 1 aliphatic heterocycles. The van der Waals surface area contributed by atoms with Crippen LogP contribution in [0.15, 0.2) is 41.5 Å². The van der Waals surface area contributed by atoms with Gasteiger partial charge < -0.3 is 20.3 Å². The molecule has 25 heavy (non-hydrogen) atoms. The number of methoxy groups -OCH3 is 1. The minimum absolute atomic E-state index is 0.350. The van der Waals surface area contributed by atoms with E-state index in [1.165, 1.54) is 0 Å². The van der Waals surface area contributed by atoms with E-state index in [4.69, 9.17) is 4.74 Å². The van der Waals surface area contributed by atoms with Crippen molar-refractivity contribution in [3.05, 3.63) is 42.2 Å². The maximum Gasteiger partial charge on any atom is 0.191 e. The van der Waals surface area contributed by atoms with E-state index in [-0.39, 0.29) is 0 Å². The average Bonchev–Trinajstić information content (AvgIpc) is 3.27. The van der Waals surface area contributed by atoms with Crippen LogP contribution in [-0.2, 0) is 13.6 Å². The minimum atomic E-state index is 0.350. The van der Waals surface area contributed by atoms with Crippen molar-refractivity contribution in [3.8, 4) is 5.75 Å². The fourth-order valence-corrected chi connectivity index (χ4v) is 3.12. The molecule has 1 unspecified atom stereocenters. The first-order valence-electron chi connectivity index (χ1n) is 8.53. The van der Waals surface area contributed by atoms with Gasteiger partial charge in [0.15, 0.2) is 5.96 Å². The van der Waals surface area contributed by atoms with Crippen LogP contribution in [0.4, 0.5) is 5.69 Å². The summed E-state index contributed by atoms with van der Waals surface area (Å²) in [5, 5.41) is 11.0. The van der Waals surface area contributed by atoms with Gasteiger partial charge in [0.1, 0.15) is 5.75 Å². The van der Waals surface area contributed by atoms with Crippen LogP contribution in [0.2, 0.25) is 0 Å². The van der Waals surface area contributed by atoms with Gasteiger partial charge in [0.25, 0.3) is 0 Å². The van der Waals surface area contributed by atoms with Gasteiger partial charge in [-0.1, -0.05) is 12.1 Å². The number of ether oxygens (including phenoxy) is 1. The maximum atomic E-state index is 5.48. The molecule has 1 atom stereocenters. The fourth-order valence-electron chi connectivity index (χ4n) is 3.12. The lowest BCUT2D eigenvalue weighted by Crippen LogP contribution is -2.44. The van der Waals surface area contributed by atoms with Gasteiger partial charge in [-0.2, -0.15) is 5.10 Å². The molecule has 0 bridgehead atoms. The summed E-state index contributed by atoms with van der Waals surface area (Å²) >= 11 is 0. The normalized spacial score (nSPS) is 17.6. The second-order valence-electron chi connectivity index (χ2n) is 6.12. The third kappa shape index (κ3) is 4.04. The molecule has 7 heteroatoms. The predicted octanol–water partition coefficient (Wildman–Crippen LogP) is 1.37. The van der Waals surface area contributed by atoms with Crippen LogP contribution in [0.5, 0.6) is 5.75 Å². The first kappa shape index (κ1) is 17.1. The zero-order valence-electron chi connectivity index (χ0n) is 15.1. The molecular formula is C18H26N6O. The van der Waals surface area contributed by atoms with Gasteiger partial charge in [-0.15, -0.1) is 0 Å². The number of aliphatic imine (C=N–C) groups is 1. The zero-order valence-corrected chi connectivity index (χ0v) is 15.1. The van der Waals surface area contributed by atoms with E-state index in [0.29, 0.717) is 12.6 Å². The van der Waals surface area contributed by atoms with Crippen molar-refractivity contribution >= 4 is 11.6 Å². The molecule has 0 radical (unpaired) electrons. The lowest BCUT2D eigenvalue weighted by Gasteiger charge is -2.22. The van der Waals surface area contributed by atoms with Crippen LogP contribution in [0.3, 0.4) is 0 Å². The summed E-state index contributed by atoms with van der Waals surface area (Å²) in [6.45, 7) is 2.61. The lowest BCUT2D eigenvalue weighted by molar-refractivity contribution is 0.415. The molecule has 2 N–H and O–H groups in total. The van der Waals surface area contributed by atoms with Crippen molar-refractivity contribution in [2.75, 3.05) is 32.1 Å². The molecule has 1 saturated heterocycles. The number of aryl methyl sites for hydroxylation is 1. The van der Waals surface area contributed by atoms with Crippen molar-refractivity contribution in [2.24, 2.45) is 12.0 Å². The highest BCUT2D eigenvalue weighted by atomic mass is 16.5. The Morgan fingerprint density at radius 1 is 1.36 bits per heavy atom. The summed E-state index contributed by atoms with van der Waals surface area (Å²) in [4.78, 5) is 6.69. The number of rotatable bonds is 5. The summed E-state index contributed by atoms with van der Waals surface area (Å²) in [6.07, 6.45) is 2.86. The van der Waals surface area contributed by atoms with E-state index in [0.717, 1.165) is 42.6 Å². The Bertz CT molecular complexity index is 726. The van der Waals surface area contributed by atoms with E-state index in [2.05, 4.69) is 31.7 Å². The predicted molar refractivity (Wildman–Crippen MR) is 100 cm³/mol. The van der Waals surface area contributed by atoms with E-state index in [9.17, 15) is 0 Å². The maximum absolute atomic E-state index is 5.48. The summed E-state index contributed by atoms with van der Waals surface area (Å²) in [7, 11) is 5.45. The summed E-state index contributed by atoms with van der Waals surface area (Å²) in [6, 6.07) is 10.5. The number of hydrogen-bond donors (Lipinski definition) is 2. The molecule has 1 fully saturated rings. The Hall–Kier alpha value is -2.70. The average molecular weight is 342 g/mol. The Morgan fingerprint density at radius 2 is 2.20 bits per heavy atom. The van der Waals surface area contributed by atoms with Gasteiger partial charge in [0.05, 0.1) is 25.0 Å². The Labute approximate surface area is 148 Å². The molecule has 7 nitrogen and oxygen atoms in total. The van der Waals surface area contributed by atoms with Gasteiger partial charge in [0, 0.05) is 39.4 Å². The molecule has 0 spiro atoms. The molecule has 2 heterocycles. The third-order valence-corrected chi connectivity index (χ3v) is 4.54. The molecular weight excluding hydrogens is 316 g/mol. The first-order chi connectivity index (χ1) is 12.2. The number of guanidine groups is 1. The third-order valence-electron chi connectivity index (χ3n) is 4.54. The summed E-state index contributed by atoms with van der Waals surface area (Å²) in [5.41, 5.74) is 2.26. The van der Waals surface area contributed by atoms with Gasteiger partial charge in [-0.3, -0.25) is 9.67 Å². The highest BCUT2D eigenvalue weighted by Gasteiger charge is 2.25. The molecule has 2 aromatic rings. The molecule has 0 saturated carbocycles. The summed E-state index contributed by atoms with van der Waals surface area (Å²) in [5.74, 6) is 1.73. The summed E-state index contributed by atoms with van der Waals surface area (Å²) < 4.78 is 7.34. The number of anilines is 1. The topological polar surface area (TPSA) is 66.7 Å². The Morgan fingerprint density at radius 3 is 2.92 bits per heavy atom. The molecule has 1 aliphatic rings. The van der Waals surface area contributed by atoms with E-state index < -0.39 is 0 Å². The number of para-hydroxylation sites is 2. The number of nitrogens with one attached hydrogen (secondary N) is 2. The van der Waals surface area contributed by atoms with Crippen LogP contribution in [0, 0.1) is 0 Å². The zero-order chi connectivity index (χ0) is 17.6. The quantitative estimate of drug-likeness (QED) is 0.635. The van der Waals surface area contributed by atoms with E-state index >= 15 is 0 Å². The van der Waals surface area contributed by atoms with Crippen LogP contribution in [0.25, 0.3) is 0 Å². The fraction of sp³-hybridized carbons (Fsp3) is 0.444. The van der Waals surface area contributed by atoms with Gasteiger partial charge in [0.2, 0.25) is 0 Å². The highest BCUT2D eigenvalue weighted by molar-refractivity contribution is 5.80. The van der Waals surface area contributed by atoms with Crippen molar-refractivity contribution < 1.29 is 4.74 Å². The molecule has 1 aromatic heterocycles. The Balaban J connectivity index is 1.55. The lowest BCUT2D eigenvalue weighted by atomic mass is 10.2. The first-order valence-corrected chi connectivity index (χ1v) is 8.53. The van der Waals surface area contributed by atoms with E-state index in [1.54, 1.807) is 20.4 Å². The van der Waals surface area contributed by atoms with E-state index in [1.807, 2.05) is 36.0 Å². The second kappa shape index (κ2) is 7.92. The number of aromatic nitrogens is 2. The number of benzene rings is 1. The van der Waals surface area contributed by atoms with Gasteiger partial charge in [-0.25, -0.2) is 0 Å². The van der Waals surface area contributed by atoms with Crippen LogP contribution in [0.1, 0.15) is 12.1 Å².